The molecule has 0 radical (unpaired) electrons. The molecule has 140 valence electrons. The third-order valence-electron chi connectivity index (χ3n) is 5.61. The number of likely N-dealkylation sites (tertiary alicyclic amines) is 1. The van der Waals surface area contributed by atoms with Crippen molar-refractivity contribution in [2.24, 2.45) is 5.73 Å². The average Bonchev–Trinajstić information content (AvgIpc) is 2.68. The summed E-state index contributed by atoms with van der Waals surface area (Å²) in [4.78, 5) is 28.2. The van der Waals surface area contributed by atoms with Crippen molar-refractivity contribution in [1.82, 2.24) is 9.80 Å². The molecule has 0 unspecified atom stereocenters. The Morgan fingerprint density at radius 2 is 1.58 bits per heavy atom. The van der Waals surface area contributed by atoms with Crippen molar-refractivity contribution < 1.29 is 9.59 Å². The smallest absolute Gasteiger partial charge is 0.315 e. The molecule has 0 spiro atoms. The molecule has 5 nitrogen and oxygen atoms in total. The number of nitrogens with two attached hydrogens (primary N) is 1. The maximum atomic E-state index is 12.4. The second-order valence-electron chi connectivity index (χ2n) is 7.34. The summed E-state index contributed by atoms with van der Waals surface area (Å²) in [6.07, 6.45) is 10.8. The van der Waals surface area contributed by atoms with E-state index in [1.54, 1.807) is 6.08 Å². The SMILES string of the molecule is NC(=O)N(C1CCCCC1)C1CCN(C(=O)/C=C/c2ccccc2)CC1. The highest BCUT2D eigenvalue weighted by molar-refractivity contribution is 5.91. The Morgan fingerprint density at radius 3 is 2.19 bits per heavy atom. The molecule has 2 aliphatic rings. The fourth-order valence-electron chi connectivity index (χ4n) is 4.22. The number of hydrogen-bond acceptors (Lipinski definition) is 2. The van der Waals surface area contributed by atoms with Gasteiger partial charge in [-0.25, -0.2) is 4.79 Å². The zero-order valence-corrected chi connectivity index (χ0v) is 15.3. The lowest BCUT2D eigenvalue weighted by Crippen LogP contribution is -2.54. The van der Waals surface area contributed by atoms with Gasteiger partial charge in [0, 0.05) is 31.2 Å². The van der Waals surface area contributed by atoms with Gasteiger partial charge in [0.1, 0.15) is 0 Å². The monoisotopic (exact) mass is 355 g/mol. The Morgan fingerprint density at radius 1 is 0.962 bits per heavy atom. The lowest BCUT2D eigenvalue weighted by molar-refractivity contribution is -0.127. The van der Waals surface area contributed by atoms with Crippen LogP contribution in [0.25, 0.3) is 6.08 Å². The van der Waals surface area contributed by atoms with Crippen LogP contribution in [0.3, 0.4) is 0 Å². The minimum absolute atomic E-state index is 0.0376. The Hall–Kier alpha value is -2.30. The largest absolute Gasteiger partial charge is 0.351 e. The summed E-state index contributed by atoms with van der Waals surface area (Å²) in [5.41, 5.74) is 6.72. The molecule has 3 rings (SSSR count). The number of urea groups is 1. The molecule has 1 heterocycles. The van der Waals surface area contributed by atoms with Gasteiger partial charge in [-0.3, -0.25) is 4.79 Å². The van der Waals surface area contributed by atoms with Gasteiger partial charge in [-0.05, 0) is 37.3 Å². The number of rotatable bonds is 4. The summed E-state index contributed by atoms with van der Waals surface area (Å²) in [5, 5.41) is 0. The molecule has 5 heteroatoms. The second kappa shape index (κ2) is 8.88. The molecule has 3 amide bonds. The zero-order valence-electron chi connectivity index (χ0n) is 15.3. The van der Waals surface area contributed by atoms with E-state index < -0.39 is 0 Å². The highest BCUT2D eigenvalue weighted by Gasteiger charge is 2.33. The normalized spacial score (nSPS) is 19.6. The van der Waals surface area contributed by atoms with Gasteiger partial charge < -0.3 is 15.5 Å². The van der Waals surface area contributed by atoms with Crippen LogP contribution in [0.5, 0.6) is 0 Å². The van der Waals surface area contributed by atoms with Crippen LogP contribution in [0.2, 0.25) is 0 Å². The lowest BCUT2D eigenvalue weighted by Gasteiger charge is -2.42. The first-order valence-electron chi connectivity index (χ1n) is 9.75. The quantitative estimate of drug-likeness (QED) is 0.841. The summed E-state index contributed by atoms with van der Waals surface area (Å²) in [7, 11) is 0. The van der Waals surface area contributed by atoms with Gasteiger partial charge in [0.2, 0.25) is 5.91 Å². The number of amides is 3. The van der Waals surface area contributed by atoms with Crippen molar-refractivity contribution in [3.63, 3.8) is 0 Å². The van der Waals surface area contributed by atoms with Crippen molar-refractivity contribution in [3.05, 3.63) is 42.0 Å². The predicted molar refractivity (Wildman–Crippen MR) is 103 cm³/mol. The molecule has 1 aromatic rings. The molecule has 26 heavy (non-hydrogen) atoms. The Labute approximate surface area is 155 Å². The average molecular weight is 355 g/mol. The van der Waals surface area contributed by atoms with Gasteiger partial charge >= 0.3 is 6.03 Å². The highest BCUT2D eigenvalue weighted by Crippen LogP contribution is 2.27. The van der Waals surface area contributed by atoms with Crippen LogP contribution in [0, 0.1) is 0 Å². The Kier molecular flexibility index (Phi) is 6.31. The van der Waals surface area contributed by atoms with Crippen LogP contribution >= 0.6 is 0 Å². The van der Waals surface area contributed by atoms with E-state index in [0.29, 0.717) is 13.1 Å². The third kappa shape index (κ3) is 4.65. The number of nitrogens with zero attached hydrogens (tertiary/aromatic N) is 2. The van der Waals surface area contributed by atoms with E-state index in [1.807, 2.05) is 46.2 Å². The Balaban J connectivity index is 1.54. The van der Waals surface area contributed by atoms with E-state index in [2.05, 4.69) is 0 Å². The van der Waals surface area contributed by atoms with Gasteiger partial charge in [0.25, 0.3) is 0 Å². The molecule has 1 aliphatic heterocycles. The summed E-state index contributed by atoms with van der Waals surface area (Å²) >= 11 is 0. The van der Waals surface area contributed by atoms with Crippen molar-refractivity contribution >= 4 is 18.0 Å². The number of hydrogen-bond donors (Lipinski definition) is 1. The molecule has 1 saturated carbocycles. The number of primary amides is 1. The van der Waals surface area contributed by atoms with Crippen LogP contribution in [0.4, 0.5) is 4.79 Å². The molecule has 1 saturated heterocycles. The van der Waals surface area contributed by atoms with Crippen LogP contribution in [0.15, 0.2) is 36.4 Å². The number of carbonyl (C=O) groups excluding carboxylic acids is 2. The molecule has 0 aromatic heterocycles. The molecule has 2 fully saturated rings. The van der Waals surface area contributed by atoms with Crippen LogP contribution in [-0.2, 0) is 4.79 Å². The molecule has 1 aromatic carbocycles. The fourth-order valence-corrected chi connectivity index (χ4v) is 4.22. The van der Waals surface area contributed by atoms with Gasteiger partial charge in [0.05, 0.1) is 0 Å². The predicted octanol–water partition coefficient (Wildman–Crippen LogP) is 3.40. The fraction of sp³-hybridized carbons (Fsp3) is 0.524. The first-order valence-corrected chi connectivity index (χ1v) is 9.75. The van der Waals surface area contributed by atoms with Crippen molar-refractivity contribution in [2.45, 2.75) is 57.0 Å². The van der Waals surface area contributed by atoms with E-state index in [4.69, 9.17) is 5.73 Å². The number of piperidine rings is 1. The van der Waals surface area contributed by atoms with E-state index in [1.165, 1.54) is 19.3 Å². The van der Waals surface area contributed by atoms with Crippen LogP contribution in [-0.4, -0.2) is 46.9 Å². The Bertz CT molecular complexity index is 630. The summed E-state index contributed by atoms with van der Waals surface area (Å²) in [6.45, 7) is 1.36. The minimum atomic E-state index is -0.300. The zero-order chi connectivity index (χ0) is 18.4. The number of carbonyl (C=O) groups is 2. The van der Waals surface area contributed by atoms with E-state index in [0.717, 1.165) is 31.2 Å². The van der Waals surface area contributed by atoms with E-state index >= 15 is 0 Å². The summed E-state index contributed by atoms with van der Waals surface area (Å²) in [6, 6.07) is 9.98. The molecule has 2 N–H and O–H groups in total. The summed E-state index contributed by atoms with van der Waals surface area (Å²) in [5.74, 6) is 0.0376. The molecule has 0 bridgehead atoms. The lowest BCUT2D eigenvalue weighted by atomic mass is 9.91. The molecular formula is C21H29N3O2. The maximum absolute atomic E-state index is 12.4. The van der Waals surface area contributed by atoms with Gasteiger partial charge in [-0.2, -0.15) is 0 Å². The molecular weight excluding hydrogens is 326 g/mol. The van der Waals surface area contributed by atoms with Crippen molar-refractivity contribution in [1.29, 1.82) is 0 Å². The first kappa shape index (κ1) is 18.5. The van der Waals surface area contributed by atoms with Crippen LogP contribution < -0.4 is 5.73 Å². The number of benzene rings is 1. The molecule has 1 aliphatic carbocycles. The summed E-state index contributed by atoms with van der Waals surface area (Å²) < 4.78 is 0. The van der Waals surface area contributed by atoms with E-state index in [9.17, 15) is 9.59 Å². The van der Waals surface area contributed by atoms with Crippen LogP contribution in [0.1, 0.15) is 50.5 Å². The molecule has 0 atom stereocenters. The third-order valence-corrected chi connectivity index (χ3v) is 5.61. The van der Waals surface area contributed by atoms with E-state index in [-0.39, 0.29) is 24.0 Å². The standard InChI is InChI=1S/C21H29N3O2/c22-21(26)24(18-9-5-2-6-10-18)19-13-15-23(16-14-19)20(25)12-11-17-7-3-1-4-8-17/h1,3-4,7-8,11-12,18-19H,2,5-6,9-10,13-16H2,(H2,22,26)/b12-11+. The van der Waals surface area contributed by atoms with Gasteiger partial charge in [-0.15, -0.1) is 0 Å². The minimum Gasteiger partial charge on any atom is -0.351 e. The topological polar surface area (TPSA) is 66.6 Å². The maximum Gasteiger partial charge on any atom is 0.315 e. The van der Waals surface area contributed by atoms with Gasteiger partial charge in [-0.1, -0.05) is 49.6 Å². The first-order chi connectivity index (χ1) is 12.6. The van der Waals surface area contributed by atoms with Crippen molar-refractivity contribution in [2.75, 3.05) is 13.1 Å². The van der Waals surface area contributed by atoms with Gasteiger partial charge in [0.15, 0.2) is 0 Å². The van der Waals surface area contributed by atoms with Crippen molar-refractivity contribution in [3.8, 4) is 0 Å². The highest BCUT2D eigenvalue weighted by atomic mass is 16.2. The second-order valence-corrected chi connectivity index (χ2v) is 7.34.